The molecule has 0 nitrogen and oxygen atoms in total. The molecule has 0 amide bonds. The zero-order chi connectivity index (χ0) is 27.2. The van der Waals surface area contributed by atoms with Gasteiger partial charge < -0.3 is 0 Å². The van der Waals surface area contributed by atoms with E-state index in [0.717, 1.165) is 6.42 Å². The highest BCUT2D eigenvalue weighted by Crippen LogP contribution is 2.11. The fourth-order valence-corrected chi connectivity index (χ4v) is 4.34. The Morgan fingerprint density at radius 3 is 0.917 bits per heavy atom. The van der Waals surface area contributed by atoms with Crippen LogP contribution in [0.25, 0.3) is 0 Å². The molecule has 216 valence electrons. The molecule has 0 heteroatoms. The van der Waals surface area contributed by atoms with Crippen molar-refractivity contribution in [2.45, 2.75) is 207 Å². The second-order valence-corrected chi connectivity index (χ2v) is 10.8. The van der Waals surface area contributed by atoms with Crippen LogP contribution in [0.15, 0.2) is 12.7 Å². The van der Waals surface area contributed by atoms with Crippen molar-refractivity contribution in [2.75, 3.05) is 0 Å². The van der Waals surface area contributed by atoms with E-state index in [9.17, 15) is 0 Å². The standard InChI is InChI=1S/C12H26.C12H24.C12H22/c3*1-3-5-7-9-11-12-10-8-6-4-2/h3-12H2,1-2H3;3H,1,4-12H2,2H3;1H,4-12H2,2H3. The molecule has 0 atom stereocenters. The number of allylic oxidation sites excluding steroid dienone is 1. The van der Waals surface area contributed by atoms with Crippen LogP contribution in [-0.2, 0) is 0 Å². The first kappa shape index (κ1) is 39.8. The predicted molar refractivity (Wildman–Crippen MR) is 171 cm³/mol. The zero-order valence-corrected chi connectivity index (χ0v) is 26.2. The molecule has 0 fully saturated rings. The Kier molecular flexibility index (Phi) is 49.0. The van der Waals surface area contributed by atoms with Crippen molar-refractivity contribution in [1.29, 1.82) is 0 Å². The van der Waals surface area contributed by atoms with Crippen LogP contribution in [0.4, 0.5) is 0 Å². The molecule has 0 saturated heterocycles. The molecule has 0 saturated carbocycles. The zero-order valence-electron chi connectivity index (χ0n) is 26.2. The lowest BCUT2D eigenvalue weighted by Gasteiger charge is -1.99. The van der Waals surface area contributed by atoms with E-state index in [1.54, 1.807) is 0 Å². The average molecular weight is 505 g/mol. The quantitative estimate of drug-likeness (QED) is 0.0624. The van der Waals surface area contributed by atoms with Gasteiger partial charge >= 0.3 is 0 Å². The fraction of sp³-hybridized carbons (Fsp3) is 0.889. The van der Waals surface area contributed by atoms with Gasteiger partial charge in [-0.2, -0.15) is 0 Å². The molecule has 0 N–H and O–H groups in total. The fourth-order valence-electron chi connectivity index (χ4n) is 4.34. The van der Waals surface area contributed by atoms with Crippen molar-refractivity contribution in [3.05, 3.63) is 12.7 Å². The maximum atomic E-state index is 5.16. The van der Waals surface area contributed by atoms with Crippen LogP contribution < -0.4 is 0 Å². The summed E-state index contributed by atoms with van der Waals surface area (Å²) in [5, 5.41) is 0. The molecule has 0 aromatic heterocycles. The van der Waals surface area contributed by atoms with Crippen LogP contribution >= 0.6 is 0 Å². The van der Waals surface area contributed by atoms with Crippen molar-refractivity contribution in [1.82, 2.24) is 0 Å². The predicted octanol–water partition coefficient (Wildman–Crippen LogP) is 13.8. The molecular weight excluding hydrogens is 432 g/mol. The first-order valence-electron chi connectivity index (χ1n) is 16.8. The SMILES string of the molecule is C#CCCCCCCCCCC.C=CCCCCCCCCCC.CCCCCCCCCCCC. The third-order valence-corrected chi connectivity index (χ3v) is 6.89. The van der Waals surface area contributed by atoms with Crippen LogP contribution in [0, 0.1) is 12.3 Å². The second-order valence-electron chi connectivity index (χ2n) is 10.8. The van der Waals surface area contributed by atoms with Crippen molar-refractivity contribution >= 4 is 0 Å². The molecule has 0 radical (unpaired) electrons. The number of rotatable bonds is 26. The summed E-state index contributed by atoms with van der Waals surface area (Å²) in [6.07, 6.45) is 46.0. The van der Waals surface area contributed by atoms with E-state index in [4.69, 9.17) is 6.42 Å². The van der Waals surface area contributed by atoms with Gasteiger partial charge in [0, 0.05) is 6.42 Å². The first-order valence-corrected chi connectivity index (χ1v) is 16.8. The second kappa shape index (κ2) is 44.3. The highest BCUT2D eigenvalue weighted by Gasteiger charge is 1.91. The van der Waals surface area contributed by atoms with Gasteiger partial charge in [-0.1, -0.05) is 188 Å². The van der Waals surface area contributed by atoms with Gasteiger partial charge in [-0.25, -0.2) is 0 Å². The molecule has 36 heavy (non-hydrogen) atoms. The van der Waals surface area contributed by atoms with E-state index >= 15 is 0 Å². The minimum Gasteiger partial charge on any atom is -0.120 e. The maximum absolute atomic E-state index is 5.16. The van der Waals surface area contributed by atoms with Crippen LogP contribution in [0.3, 0.4) is 0 Å². The van der Waals surface area contributed by atoms with Crippen molar-refractivity contribution in [3.63, 3.8) is 0 Å². The monoisotopic (exact) mass is 505 g/mol. The molecule has 0 aliphatic heterocycles. The Bertz CT molecular complexity index is 364. The van der Waals surface area contributed by atoms with Crippen molar-refractivity contribution < 1.29 is 0 Å². The van der Waals surface area contributed by atoms with Crippen LogP contribution in [0.1, 0.15) is 207 Å². The molecule has 0 aromatic rings. The normalized spacial score (nSPS) is 10.1. The molecule has 0 heterocycles. The van der Waals surface area contributed by atoms with Gasteiger partial charge in [0.15, 0.2) is 0 Å². The van der Waals surface area contributed by atoms with E-state index in [0.29, 0.717) is 0 Å². The lowest BCUT2D eigenvalue weighted by Crippen LogP contribution is -1.80. The summed E-state index contributed by atoms with van der Waals surface area (Å²) in [6.45, 7) is 12.8. The summed E-state index contributed by atoms with van der Waals surface area (Å²) in [5.41, 5.74) is 0. The molecular formula is C36H72. The van der Waals surface area contributed by atoms with Gasteiger partial charge in [-0.3, -0.25) is 0 Å². The number of hydrogen-bond acceptors (Lipinski definition) is 0. The molecule has 0 unspecified atom stereocenters. The van der Waals surface area contributed by atoms with Crippen LogP contribution in [0.5, 0.6) is 0 Å². The Morgan fingerprint density at radius 1 is 0.417 bits per heavy atom. The lowest BCUT2D eigenvalue weighted by molar-refractivity contribution is 0.562. The number of unbranched alkanes of at least 4 members (excludes halogenated alkanes) is 25. The molecule has 0 rings (SSSR count). The third kappa shape index (κ3) is 50.2. The lowest BCUT2D eigenvalue weighted by atomic mass is 10.1. The van der Waals surface area contributed by atoms with Gasteiger partial charge in [0.05, 0.1) is 0 Å². The van der Waals surface area contributed by atoms with Gasteiger partial charge in [-0.05, 0) is 19.3 Å². The van der Waals surface area contributed by atoms with E-state index < -0.39 is 0 Å². The Hall–Kier alpha value is -0.700. The summed E-state index contributed by atoms with van der Waals surface area (Å²) >= 11 is 0. The molecule has 0 spiro atoms. The number of terminal acetylenes is 1. The third-order valence-electron chi connectivity index (χ3n) is 6.89. The summed E-state index contributed by atoms with van der Waals surface area (Å²) in [7, 11) is 0. The van der Waals surface area contributed by atoms with Gasteiger partial charge in [0.2, 0.25) is 0 Å². The summed E-state index contributed by atoms with van der Waals surface area (Å²) in [5.74, 6) is 2.68. The van der Waals surface area contributed by atoms with Crippen molar-refractivity contribution in [2.24, 2.45) is 0 Å². The van der Waals surface area contributed by atoms with E-state index in [1.165, 1.54) is 173 Å². The van der Waals surface area contributed by atoms with E-state index in [1.807, 2.05) is 6.08 Å². The Labute approximate surface area is 232 Å². The smallest absolute Gasteiger partial charge is 0.00860 e. The summed E-state index contributed by atoms with van der Waals surface area (Å²) in [4.78, 5) is 0. The highest BCUT2D eigenvalue weighted by molar-refractivity contribution is 4.82. The molecule has 0 aromatic carbocycles. The van der Waals surface area contributed by atoms with Crippen molar-refractivity contribution in [3.8, 4) is 12.3 Å². The highest BCUT2D eigenvalue weighted by atomic mass is 14.0. The summed E-state index contributed by atoms with van der Waals surface area (Å²) in [6, 6.07) is 0. The van der Waals surface area contributed by atoms with E-state index in [2.05, 4.69) is 40.2 Å². The van der Waals surface area contributed by atoms with Crippen LogP contribution in [-0.4, -0.2) is 0 Å². The Balaban J connectivity index is -0.000000454. The van der Waals surface area contributed by atoms with Crippen LogP contribution in [0.2, 0.25) is 0 Å². The topological polar surface area (TPSA) is 0 Å². The Morgan fingerprint density at radius 2 is 0.667 bits per heavy atom. The molecule has 0 aliphatic carbocycles. The molecule has 0 bridgehead atoms. The van der Waals surface area contributed by atoms with Gasteiger partial charge in [0.1, 0.15) is 0 Å². The van der Waals surface area contributed by atoms with Gasteiger partial charge in [-0.15, -0.1) is 18.9 Å². The minimum absolute atomic E-state index is 0.967. The maximum Gasteiger partial charge on any atom is 0.00860 e. The van der Waals surface area contributed by atoms with E-state index in [-0.39, 0.29) is 0 Å². The average Bonchev–Trinajstić information content (AvgIpc) is 2.90. The minimum atomic E-state index is 0.967. The first-order chi connectivity index (χ1) is 17.7. The van der Waals surface area contributed by atoms with Gasteiger partial charge in [0.25, 0.3) is 0 Å². The number of hydrogen-bond donors (Lipinski definition) is 0. The molecule has 0 aliphatic rings. The summed E-state index contributed by atoms with van der Waals surface area (Å²) < 4.78 is 0. The largest absolute Gasteiger partial charge is 0.120 e.